The molecule has 0 aliphatic carbocycles. The molecule has 1 heterocycles. The van der Waals surface area contributed by atoms with E-state index >= 15 is 0 Å². The molecule has 1 fully saturated rings. The van der Waals surface area contributed by atoms with Crippen LogP contribution in [-0.2, 0) is 26.8 Å². The molecule has 7 nitrogen and oxygen atoms in total. The van der Waals surface area contributed by atoms with Crippen LogP contribution in [0.3, 0.4) is 0 Å². The highest BCUT2D eigenvalue weighted by Crippen LogP contribution is 2.38. The van der Waals surface area contributed by atoms with Crippen LogP contribution in [0.4, 0.5) is 0 Å². The third kappa shape index (κ3) is 6.00. The first-order valence-corrected chi connectivity index (χ1v) is 9.91. The van der Waals surface area contributed by atoms with Crippen LogP contribution in [0.2, 0.25) is 0 Å². The first-order chi connectivity index (χ1) is 11.4. The van der Waals surface area contributed by atoms with E-state index in [9.17, 15) is 9.36 Å². The Morgan fingerprint density at radius 3 is 2.50 bits per heavy atom. The average Bonchev–Trinajstić information content (AvgIpc) is 3.05. The molecule has 1 aromatic carbocycles. The fourth-order valence-electron chi connectivity index (χ4n) is 2.73. The number of nitrogens with two attached hydrogens (primary N) is 1. The number of carbonyl (C=O) groups excluding carboxylic acids is 1. The number of carbonyl (C=O) groups is 1. The fraction of sp³-hybridized carbons (Fsp3) is 0.562. The van der Waals surface area contributed by atoms with Crippen LogP contribution in [-0.4, -0.2) is 46.4 Å². The number of amides is 1. The second kappa shape index (κ2) is 8.74. The third-order valence-electron chi connectivity index (χ3n) is 3.93. The Morgan fingerprint density at radius 1 is 1.29 bits per heavy atom. The molecule has 1 aromatic rings. The van der Waals surface area contributed by atoms with Crippen LogP contribution in [0.25, 0.3) is 0 Å². The highest BCUT2D eigenvalue weighted by molar-refractivity contribution is 7.50. The van der Waals surface area contributed by atoms with Crippen molar-refractivity contribution >= 4 is 13.5 Å². The molecule has 8 heteroatoms. The minimum absolute atomic E-state index is 0.0137. The summed E-state index contributed by atoms with van der Waals surface area (Å²) in [5.41, 5.74) is 7.04. The van der Waals surface area contributed by atoms with Gasteiger partial charge in [-0.1, -0.05) is 24.3 Å². The van der Waals surface area contributed by atoms with Crippen LogP contribution in [0, 0.1) is 0 Å². The fourth-order valence-corrected chi connectivity index (χ4v) is 3.42. The topological polar surface area (TPSA) is 113 Å². The standard InChI is InChI=1S/C16H25N2O5P/c17-8-2-9-18(16(19)15-3-1-10-23-15)11-13-4-6-14(7-5-13)12-24(20,21)22/h4-7,15H,1-3,8-12,17H2,(H2,20,21,22). The van der Waals surface area contributed by atoms with Crippen LogP contribution in [0.1, 0.15) is 30.4 Å². The number of benzene rings is 1. The summed E-state index contributed by atoms with van der Waals surface area (Å²) < 4.78 is 16.5. The number of hydrogen-bond donors (Lipinski definition) is 3. The Morgan fingerprint density at radius 2 is 1.96 bits per heavy atom. The lowest BCUT2D eigenvalue weighted by molar-refractivity contribution is -0.141. The number of nitrogens with zero attached hydrogens (tertiary/aromatic N) is 1. The summed E-state index contributed by atoms with van der Waals surface area (Å²) in [6, 6.07) is 6.96. The van der Waals surface area contributed by atoms with Crippen molar-refractivity contribution < 1.29 is 23.9 Å². The molecule has 1 atom stereocenters. The second-order valence-electron chi connectivity index (χ2n) is 6.04. The Hall–Kier alpha value is -1.24. The van der Waals surface area contributed by atoms with Gasteiger partial charge in [-0.25, -0.2) is 0 Å². The predicted octanol–water partition coefficient (Wildman–Crippen LogP) is 1.22. The second-order valence-corrected chi connectivity index (χ2v) is 7.69. The molecule has 0 saturated carbocycles. The maximum absolute atomic E-state index is 12.6. The third-order valence-corrected chi connectivity index (χ3v) is 4.71. The summed E-state index contributed by atoms with van der Waals surface area (Å²) in [4.78, 5) is 32.3. The molecule has 0 bridgehead atoms. The van der Waals surface area contributed by atoms with Gasteiger partial charge in [-0.3, -0.25) is 9.36 Å². The SMILES string of the molecule is NCCCN(Cc1ccc(CP(=O)(O)O)cc1)C(=O)C1CCCO1. The van der Waals surface area contributed by atoms with Gasteiger partial charge in [0.1, 0.15) is 6.10 Å². The maximum Gasteiger partial charge on any atom is 0.329 e. The van der Waals surface area contributed by atoms with E-state index in [0.717, 1.165) is 24.8 Å². The maximum atomic E-state index is 12.6. The molecule has 1 unspecified atom stereocenters. The van der Waals surface area contributed by atoms with E-state index in [1.165, 1.54) is 0 Å². The van der Waals surface area contributed by atoms with E-state index in [1.54, 1.807) is 29.2 Å². The molecule has 134 valence electrons. The van der Waals surface area contributed by atoms with Gasteiger partial charge in [0.15, 0.2) is 0 Å². The van der Waals surface area contributed by atoms with E-state index < -0.39 is 7.60 Å². The average molecular weight is 356 g/mol. The Kier molecular flexibility index (Phi) is 6.95. The van der Waals surface area contributed by atoms with E-state index in [1.807, 2.05) is 0 Å². The summed E-state index contributed by atoms with van der Waals surface area (Å²) in [5.74, 6) is -0.0137. The Bertz CT molecular complexity index is 581. The molecule has 1 aliphatic heterocycles. The van der Waals surface area contributed by atoms with Gasteiger partial charge in [-0.05, 0) is 36.9 Å². The highest BCUT2D eigenvalue weighted by atomic mass is 31.2. The summed E-state index contributed by atoms with van der Waals surface area (Å²) in [6.45, 7) is 2.14. The zero-order valence-electron chi connectivity index (χ0n) is 13.6. The minimum atomic E-state index is -4.07. The quantitative estimate of drug-likeness (QED) is 0.604. The molecule has 2 rings (SSSR count). The molecule has 4 N–H and O–H groups in total. The normalized spacial score (nSPS) is 17.9. The Labute approximate surface area is 142 Å². The van der Waals surface area contributed by atoms with Crippen molar-refractivity contribution in [2.24, 2.45) is 5.73 Å². The summed E-state index contributed by atoms with van der Waals surface area (Å²) in [7, 11) is -4.07. The van der Waals surface area contributed by atoms with Crippen molar-refractivity contribution in [3.05, 3.63) is 35.4 Å². The number of rotatable bonds is 8. The van der Waals surface area contributed by atoms with Crippen molar-refractivity contribution in [2.75, 3.05) is 19.7 Å². The first-order valence-electron chi connectivity index (χ1n) is 8.12. The summed E-state index contributed by atoms with van der Waals surface area (Å²) >= 11 is 0. The molecule has 1 saturated heterocycles. The monoisotopic (exact) mass is 356 g/mol. The van der Waals surface area contributed by atoms with Gasteiger partial charge in [0, 0.05) is 19.7 Å². The minimum Gasteiger partial charge on any atom is -0.368 e. The first kappa shape index (κ1) is 19.1. The van der Waals surface area contributed by atoms with Gasteiger partial charge < -0.3 is 25.2 Å². The van der Waals surface area contributed by atoms with Gasteiger partial charge in [0.25, 0.3) is 5.91 Å². The van der Waals surface area contributed by atoms with Crippen LogP contribution in [0.5, 0.6) is 0 Å². The van der Waals surface area contributed by atoms with Gasteiger partial charge >= 0.3 is 7.60 Å². The molecule has 1 amide bonds. The largest absolute Gasteiger partial charge is 0.368 e. The van der Waals surface area contributed by atoms with E-state index in [4.69, 9.17) is 20.3 Å². The van der Waals surface area contributed by atoms with Gasteiger partial charge in [0.2, 0.25) is 0 Å². The predicted molar refractivity (Wildman–Crippen MR) is 90.3 cm³/mol. The smallest absolute Gasteiger partial charge is 0.329 e. The lowest BCUT2D eigenvalue weighted by Gasteiger charge is -2.25. The molecule has 0 spiro atoms. The van der Waals surface area contributed by atoms with Crippen molar-refractivity contribution in [1.29, 1.82) is 0 Å². The number of ether oxygens (including phenoxy) is 1. The van der Waals surface area contributed by atoms with Gasteiger partial charge in [0.05, 0.1) is 6.16 Å². The molecule has 1 aliphatic rings. The van der Waals surface area contributed by atoms with E-state index in [-0.39, 0.29) is 18.2 Å². The zero-order valence-corrected chi connectivity index (χ0v) is 14.5. The molecular weight excluding hydrogens is 331 g/mol. The van der Waals surface area contributed by atoms with Crippen molar-refractivity contribution in [3.8, 4) is 0 Å². The Balaban J connectivity index is 2.02. The van der Waals surface area contributed by atoms with Crippen LogP contribution in [0.15, 0.2) is 24.3 Å². The van der Waals surface area contributed by atoms with Gasteiger partial charge in [-0.15, -0.1) is 0 Å². The molecule has 24 heavy (non-hydrogen) atoms. The number of hydrogen-bond acceptors (Lipinski definition) is 4. The van der Waals surface area contributed by atoms with Crippen molar-refractivity contribution in [1.82, 2.24) is 4.90 Å². The highest BCUT2D eigenvalue weighted by Gasteiger charge is 2.28. The van der Waals surface area contributed by atoms with Crippen LogP contribution < -0.4 is 5.73 Å². The van der Waals surface area contributed by atoms with Crippen molar-refractivity contribution in [3.63, 3.8) is 0 Å². The van der Waals surface area contributed by atoms with Gasteiger partial charge in [-0.2, -0.15) is 0 Å². The summed E-state index contributed by atoms with van der Waals surface area (Å²) in [5, 5.41) is 0. The lowest BCUT2D eigenvalue weighted by atomic mass is 10.1. The zero-order chi connectivity index (χ0) is 17.6. The van der Waals surface area contributed by atoms with E-state index in [2.05, 4.69) is 0 Å². The van der Waals surface area contributed by atoms with E-state index in [0.29, 0.717) is 31.8 Å². The lowest BCUT2D eigenvalue weighted by Crippen LogP contribution is -2.39. The molecular formula is C16H25N2O5P. The van der Waals surface area contributed by atoms with Crippen LogP contribution >= 0.6 is 7.60 Å². The van der Waals surface area contributed by atoms with Crippen molar-refractivity contribution in [2.45, 2.75) is 38.1 Å². The molecule has 0 radical (unpaired) electrons. The summed E-state index contributed by atoms with van der Waals surface area (Å²) in [6.07, 6.45) is 1.72. The molecule has 0 aromatic heterocycles.